The zero-order valence-electron chi connectivity index (χ0n) is 7.14. The van der Waals surface area contributed by atoms with Gasteiger partial charge in [-0.15, -0.1) is 0 Å². The number of rotatable bonds is 7. The molecule has 0 spiro atoms. The SMILES string of the molecule is [CH2]CCCCCCCC(N)=O. The third-order valence-corrected chi connectivity index (χ3v) is 1.67. The Balaban J connectivity index is 2.85. The number of carbonyl (C=O) groups is 1. The fourth-order valence-electron chi connectivity index (χ4n) is 1.01. The van der Waals surface area contributed by atoms with Crippen molar-refractivity contribution in [3.05, 3.63) is 6.92 Å². The number of primary amides is 1. The van der Waals surface area contributed by atoms with Gasteiger partial charge in [0.05, 0.1) is 0 Å². The van der Waals surface area contributed by atoms with Crippen molar-refractivity contribution in [2.45, 2.75) is 44.9 Å². The molecule has 0 rings (SSSR count). The summed E-state index contributed by atoms with van der Waals surface area (Å²) in [5, 5.41) is 0. The van der Waals surface area contributed by atoms with Gasteiger partial charge in [-0.3, -0.25) is 4.79 Å². The number of carbonyl (C=O) groups excluding carboxylic acids is 1. The van der Waals surface area contributed by atoms with Crippen LogP contribution >= 0.6 is 0 Å². The van der Waals surface area contributed by atoms with Crippen LogP contribution in [0.4, 0.5) is 0 Å². The van der Waals surface area contributed by atoms with Gasteiger partial charge in [-0.25, -0.2) is 0 Å². The van der Waals surface area contributed by atoms with E-state index in [1.165, 1.54) is 19.3 Å². The molecule has 0 aliphatic rings. The summed E-state index contributed by atoms with van der Waals surface area (Å²) in [7, 11) is 0. The maximum absolute atomic E-state index is 10.3. The summed E-state index contributed by atoms with van der Waals surface area (Å²) in [6, 6.07) is 0. The lowest BCUT2D eigenvalue weighted by atomic mass is 10.1. The Bertz CT molecular complexity index is 102. The molecule has 2 heteroatoms. The second-order valence-electron chi connectivity index (χ2n) is 2.84. The fraction of sp³-hybridized carbons (Fsp3) is 0.778. The topological polar surface area (TPSA) is 43.1 Å². The Kier molecular flexibility index (Phi) is 7.21. The second kappa shape index (κ2) is 7.58. The third kappa shape index (κ3) is 9.47. The van der Waals surface area contributed by atoms with Crippen LogP contribution in [0.2, 0.25) is 0 Å². The molecular weight excluding hydrogens is 138 g/mol. The van der Waals surface area contributed by atoms with Crippen LogP contribution in [-0.4, -0.2) is 5.91 Å². The lowest BCUT2D eigenvalue weighted by Gasteiger charge is -1.97. The molecule has 0 aromatic heterocycles. The summed E-state index contributed by atoms with van der Waals surface area (Å²) in [5.74, 6) is -0.179. The van der Waals surface area contributed by atoms with E-state index in [4.69, 9.17) is 5.73 Å². The summed E-state index contributed by atoms with van der Waals surface area (Å²) in [6.45, 7) is 3.76. The molecule has 0 heterocycles. The summed E-state index contributed by atoms with van der Waals surface area (Å²) in [5.41, 5.74) is 4.98. The van der Waals surface area contributed by atoms with Gasteiger partial charge in [0.25, 0.3) is 0 Å². The maximum atomic E-state index is 10.3. The van der Waals surface area contributed by atoms with Crippen LogP contribution < -0.4 is 5.73 Å². The van der Waals surface area contributed by atoms with Crippen LogP contribution in [0.5, 0.6) is 0 Å². The molecule has 2 N–H and O–H groups in total. The van der Waals surface area contributed by atoms with Gasteiger partial charge in [-0.05, 0) is 6.42 Å². The van der Waals surface area contributed by atoms with E-state index in [1.54, 1.807) is 0 Å². The van der Waals surface area contributed by atoms with Gasteiger partial charge < -0.3 is 5.73 Å². The third-order valence-electron chi connectivity index (χ3n) is 1.67. The van der Waals surface area contributed by atoms with Gasteiger partial charge in [0.15, 0.2) is 0 Å². The van der Waals surface area contributed by atoms with Crippen molar-refractivity contribution in [2.75, 3.05) is 0 Å². The molecule has 1 amide bonds. The largest absolute Gasteiger partial charge is 0.370 e. The first-order valence-electron chi connectivity index (χ1n) is 4.35. The van der Waals surface area contributed by atoms with Crippen LogP contribution in [-0.2, 0) is 4.79 Å². The fourth-order valence-corrected chi connectivity index (χ4v) is 1.01. The highest BCUT2D eigenvalue weighted by Crippen LogP contribution is 2.05. The second-order valence-corrected chi connectivity index (χ2v) is 2.84. The van der Waals surface area contributed by atoms with Crippen molar-refractivity contribution in [3.63, 3.8) is 0 Å². The molecule has 65 valence electrons. The van der Waals surface area contributed by atoms with Crippen molar-refractivity contribution in [3.8, 4) is 0 Å². The van der Waals surface area contributed by atoms with Gasteiger partial charge in [0.2, 0.25) is 5.91 Å². The normalized spacial score (nSPS) is 9.91. The lowest BCUT2D eigenvalue weighted by Crippen LogP contribution is -2.09. The van der Waals surface area contributed by atoms with E-state index in [9.17, 15) is 4.79 Å². The van der Waals surface area contributed by atoms with Crippen LogP contribution in [0, 0.1) is 6.92 Å². The molecule has 11 heavy (non-hydrogen) atoms. The molecule has 0 aromatic rings. The van der Waals surface area contributed by atoms with E-state index < -0.39 is 0 Å². The summed E-state index contributed by atoms with van der Waals surface area (Å²) in [6.07, 6.45) is 7.30. The van der Waals surface area contributed by atoms with E-state index in [0.29, 0.717) is 6.42 Å². The lowest BCUT2D eigenvalue weighted by molar-refractivity contribution is -0.118. The van der Waals surface area contributed by atoms with Gasteiger partial charge in [-0.2, -0.15) is 0 Å². The summed E-state index contributed by atoms with van der Waals surface area (Å²) in [4.78, 5) is 10.3. The molecule has 0 fully saturated rings. The Morgan fingerprint density at radius 3 is 2.18 bits per heavy atom. The number of amides is 1. The Labute approximate surface area is 69.2 Å². The van der Waals surface area contributed by atoms with Crippen LogP contribution in [0.15, 0.2) is 0 Å². The van der Waals surface area contributed by atoms with Gasteiger partial charge in [0.1, 0.15) is 0 Å². The van der Waals surface area contributed by atoms with Crippen LogP contribution in [0.25, 0.3) is 0 Å². The number of hydrogen-bond donors (Lipinski definition) is 1. The van der Waals surface area contributed by atoms with Crippen LogP contribution in [0.3, 0.4) is 0 Å². The molecule has 0 saturated carbocycles. The highest BCUT2D eigenvalue weighted by atomic mass is 16.1. The first-order chi connectivity index (χ1) is 5.27. The zero-order valence-corrected chi connectivity index (χ0v) is 7.14. The first-order valence-corrected chi connectivity index (χ1v) is 4.35. The average molecular weight is 156 g/mol. The molecule has 0 unspecified atom stereocenters. The molecule has 1 radical (unpaired) electrons. The minimum Gasteiger partial charge on any atom is -0.370 e. The predicted molar refractivity (Wildman–Crippen MR) is 46.9 cm³/mol. The minimum absolute atomic E-state index is 0.179. The molecule has 0 aliphatic carbocycles. The predicted octanol–water partition coefficient (Wildman–Crippen LogP) is 2.04. The average Bonchev–Trinajstić information content (AvgIpc) is 1.96. The minimum atomic E-state index is -0.179. The molecule has 0 aliphatic heterocycles. The number of unbranched alkanes of at least 4 members (excludes halogenated alkanes) is 5. The van der Waals surface area contributed by atoms with Crippen molar-refractivity contribution in [1.82, 2.24) is 0 Å². The molecule has 2 nitrogen and oxygen atoms in total. The monoisotopic (exact) mass is 156 g/mol. The van der Waals surface area contributed by atoms with E-state index in [0.717, 1.165) is 19.3 Å². The molecule has 0 atom stereocenters. The molecule has 0 saturated heterocycles. The summed E-state index contributed by atoms with van der Waals surface area (Å²) >= 11 is 0. The zero-order chi connectivity index (χ0) is 8.53. The van der Waals surface area contributed by atoms with E-state index in [1.807, 2.05) is 0 Å². The van der Waals surface area contributed by atoms with Crippen molar-refractivity contribution < 1.29 is 4.79 Å². The first kappa shape index (κ1) is 10.5. The smallest absolute Gasteiger partial charge is 0.217 e. The van der Waals surface area contributed by atoms with Crippen molar-refractivity contribution >= 4 is 5.91 Å². The van der Waals surface area contributed by atoms with Gasteiger partial charge in [0, 0.05) is 6.42 Å². The Hall–Kier alpha value is -0.530. The Morgan fingerprint density at radius 2 is 1.64 bits per heavy atom. The van der Waals surface area contributed by atoms with Gasteiger partial charge in [-0.1, -0.05) is 39.0 Å². The van der Waals surface area contributed by atoms with E-state index in [2.05, 4.69) is 6.92 Å². The molecule has 0 aromatic carbocycles. The van der Waals surface area contributed by atoms with Gasteiger partial charge >= 0.3 is 0 Å². The number of hydrogen-bond acceptors (Lipinski definition) is 1. The van der Waals surface area contributed by atoms with Crippen molar-refractivity contribution in [2.24, 2.45) is 5.73 Å². The highest BCUT2D eigenvalue weighted by molar-refractivity contribution is 5.73. The quantitative estimate of drug-likeness (QED) is 0.563. The van der Waals surface area contributed by atoms with Crippen LogP contribution in [0.1, 0.15) is 44.9 Å². The maximum Gasteiger partial charge on any atom is 0.217 e. The number of nitrogens with two attached hydrogens (primary N) is 1. The Morgan fingerprint density at radius 1 is 1.09 bits per heavy atom. The van der Waals surface area contributed by atoms with E-state index >= 15 is 0 Å². The summed E-state index contributed by atoms with van der Waals surface area (Å²) < 4.78 is 0. The molecule has 0 bridgehead atoms. The van der Waals surface area contributed by atoms with Crippen molar-refractivity contribution in [1.29, 1.82) is 0 Å². The molecular formula is C9H18NO. The standard InChI is InChI=1S/C9H18NO/c1-2-3-4-5-6-7-8-9(10)11/h1-8H2,(H2,10,11). The highest BCUT2D eigenvalue weighted by Gasteiger charge is 1.93. The van der Waals surface area contributed by atoms with E-state index in [-0.39, 0.29) is 5.91 Å².